The fourth-order valence-corrected chi connectivity index (χ4v) is 7.42. The van der Waals surface area contributed by atoms with E-state index in [0.29, 0.717) is 10.7 Å². The number of halogens is 1. The van der Waals surface area contributed by atoms with Gasteiger partial charge in [0.1, 0.15) is 12.6 Å². The van der Waals surface area contributed by atoms with Gasteiger partial charge in [0.15, 0.2) is 0 Å². The van der Waals surface area contributed by atoms with E-state index in [1.54, 1.807) is 42.5 Å². The SMILES string of the molecule is CCc1ccc(N(CC(=O)N(Cc2ccc(Cl)cc2)[C@H](Cc2ccccc2)C(=O)NC2CCCC2)S(=O)(=O)c2ccccc2)cc1. The highest BCUT2D eigenvalue weighted by molar-refractivity contribution is 7.92. The molecule has 2 amide bonds. The average Bonchev–Trinajstić information content (AvgIpc) is 3.60. The summed E-state index contributed by atoms with van der Waals surface area (Å²) in [6.45, 7) is 1.63. The van der Waals surface area contributed by atoms with Gasteiger partial charge in [-0.3, -0.25) is 13.9 Å². The van der Waals surface area contributed by atoms with E-state index in [1.807, 2.05) is 61.5 Å². The third-order valence-corrected chi connectivity index (χ3v) is 10.5. The third-order valence-electron chi connectivity index (χ3n) is 8.48. The molecule has 1 aliphatic rings. The highest BCUT2D eigenvalue weighted by atomic mass is 35.5. The number of rotatable bonds is 13. The maximum atomic E-state index is 14.6. The van der Waals surface area contributed by atoms with Crippen LogP contribution in [0.15, 0.2) is 114 Å². The predicted octanol–water partition coefficient (Wildman–Crippen LogP) is 6.80. The Hall–Kier alpha value is -4.14. The first-order valence-electron chi connectivity index (χ1n) is 15.8. The van der Waals surface area contributed by atoms with Crippen LogP contribution < -0.4 is 9.62 Å². The number of nitrogens with one attached hydrogen (secondary N) is 1. The van der Waals surface area contributed by atoms with Gasteiger partial charge in [-0.1, -0.05) is 104 Å². The summed E-state index contributed by atoms with van der Waals surface area (Å²) in [5.41, 5.74) is 3.08. The summed E-state index contributed by atoms with van der Waals surface area (Å²) >= 11 is 6.17. The molecule has 1 fully saturated rings. The largest absolute Gasteiger partial charge is 0.352 e. The minimum absolute atomic E-state index is 0.0466. The van der Waals surface area contributed by atoms with Gasteiger partial charge in [-0.2, -0.15) is 0 Å². The first-order chi connectivity index (χ1) is 22.2. The Bertz CT molecular complexity index is 1690. The van der Waals surface area contributed by atoms with Crippen molar-refractivity contribution in [3.63, 3.8) is 0 Å². The van der Waals surface area contributed by atoms with Crippen LogP contribution in [0.4, 0.5) is 5.69 Å². The van der Waals surface area contributed by atoms with Crippen molar-refractivity contribution in [2.45, 2.75) is 69.0 Å². The van der Waals surface area contributed by atoms with Crippen molar-refractivity contribution >= 4 is 39.1 Å². The van der Waals surface area contributed by atoms with Crippen molar-refractivity contribution < 1.29 is 18.0 Å². The number of benzene rings is 4. The smallest absolute Gasteiger partial charge is 0.264 e. The number of hydrogen-bond acceptors (Lipinski definition) is 4. The van der Waals surface area contributed by atoms with Gasteiger partial charge < -0.3 is 10.2 Å². The summed E-state index contributed by atoms with van der Waals surface area (Å²) in [5.74, 6) is -0.737. The van der Waals surface area contributed by atoms with Crippen molar-refractivity contribution in [3.8, 4) is 0 Å². The fourth-order valence-electron chi connectivity index (χ4n) is 5.85. The van der Waals surface area contributed by atoms with Crippen molar-refractivity contribution in [1.82, 2.24) is 10.2 Å². The molecule has 1 N–H and O–H groups in total. The van der Waals surface area contributed by atoms with Gasteiger partial charge in [0.05, 0.1) is 10.6 Å². The molecule has 240 valence electrons. The summed E-state index contributed by atoms with van der Waals surface area (Å²) in [5, 5.41) is 3.75. The summed E-state index contributed by atoms with van der Waals surface area (Å²) in [6.07, 6.45) is 4.94. The topological polar surface area (TPSA) is 86.8 Å². The van der Waals surface area contributed by atoms with Crippen LogP contribution in [0.3, 0.4) is 0 Å². The van der Waals surface area contributed by atoms with Crippen LogP contribution in [0, 0.1) is 0 Å². The highest BCUT2D eigenvalue weighted by Gasteiger charge is 2.35. The molecule has 4 aromatic rings. The minimum atomic E-state index is -4.14. The zero-order chi connectivity index (χ0) is 32.5. The van der Waals surface area contributed by atoms with Crippen LogP contribution in [0.1, 0.15) is 49.3 Å². The summed E-state index contributed by atoms with van der Waals surface area (Å²) in [6, 6.07) is 31.2. The van der Waals surface area contributed by atoms with E-state index in [1.165, 1.54) is 17.0 Å². The zero-order valence-corrected chi connectivity index (χ0v) is 27.6. The molecule has 0 unspecified atom stereocenters. The van der Waals surface area contributed by atoms with E-state index >= 15 is 0 Å². The number of nitrogens with zero attached hydrogens (tertiary/aromatic N) is 2. The van der Waals surface area contributed by atoms with Crippen molar-refractivity contribution in [2.24, 2.45) is 0 Å². The Morgan fingerprint density at radius 1 is 0.804 bits per heavy atom. The predicted molar refractivity (Wildman–Crippen MR) is 183 cm³/mol. The summed E-state index contributed by atoms with van der Waals surface area (Å²) in [4.78, 5) is 30.3. The van der Waals surface area contributed by atoms with Crippen molar-refractivity contribution in [1.29, 1.82) is 0 Å². The summed E-state index contributed by atoms with van der Waals surface area (Å²) in [7, 11) is -4.14. The molecule has 0 bridgehead atoms. The van der Waals surface area contributed by atoms with Crippen LogP contribution in [-0.2, 0) is 39.0 Å². The zero-order valence-electron chi connectivity index (χ0n) is 26.0. The van der Waals surface area contributed by atoms with Crippen LogP contribution in [0.5, 0.6) is 0 Å². The van der Waals surface area contributed by atoms with Crippen molar-refractivity contribution in [2.75, 3.05) is 10.8 Å². The molecule has 7 nitrogen and oxygen atoms in total. The first kappa shape index (κ1) is 33.2. The lowest BCUT2D eigenvalue weighted by Crippen LogP contribution is -2.54. The highest BCUT2D eigenvalue weighted by Crippen LogP contribution is 2.26. The molecule has 0 saturated heterocycles. The number of aryl methyl sites for hydroxylation is 1. The standard InChI is InChI=1S/C37H40ClN3O4S/c1-2-28-19-23-33(24-20-28)41(46(44,45)34-15-7-4-8-16-34)27-36(42)40(26-30-17-21-31(38)22-18-30)35(25-29-11-5-3-6-12-29)37(43)39-32-13-9-10-14-32/h3-8,11-12,15-24,32,35H,2,9-10,13-14,25-27H2,1H3,(H,39,43)/t35-/m1/s1. The van der Waals surface area contributed by atoms with Gasteiger partial charge in [0, 0.05) is 24.0 Å². The molecule has 4 aromatic carbocycles. The second-order valence-corrected chi connectivity index (χ2v) is 14.0. The molecule has 0 spiro atoms. The molecule has 46 heavy (non-hydrogen) atoms. The molecular weight excluding hydrogens is 618 g/mol. The Morgan fingerprint density at radius 3 is 2.00 bits per heavy atom. The van der Waals surface area contributed by atoms with Gasteiger partial charge in [-0.25, -0.2) is 8.42 Å². The molecule has 1 saturated carbocycles. The Balaban J connectivity index is 1.55. The number of hydrogen-bond donors (Lipinski definition) is 1. The monoisotopic (exact) mass is 657 g/mol. The van der Waals surface area contributed by atoms with Gasteiger partial charge in [0.25, 0.3) is 10.0 Å². The molecule has 0 heterocycles. The maximum absolute atomic E-state index is 14.6. The lowest BCUT2D eigenvalue weighted by molar-refractivity contribution is -0.140. The van der Waals surface area contributed by atoms with Gasteiger partial charge >= 0.3 is 0 Å². The Labute approximate surface area is 277 Å². The number of sulfonamides is 1. The third kappa shape index (κ3) is 8.36. The van der Waals surface area contributed by atoms with Crippen LogP contribution in [0.2, 0.25) is 5.02 Å². The Kier molecular flexibility index (Phi) is 11.1. The Morgan fingerprint density at radius 2 is 1.39 bits per heavy atom. The number of amides is 2. The van der Waals surface area contributed by atoms with Crippen LogP contribution in [-0.4, -0.2) is 43.8 Å². The summed E-state index contributed by atoms with van der Waals surface area (Å²) < 4.78 is 29.4. The quantitative estimate of drug-likeness (QED) is 0.171. The van der Waals surface area contributed by atoms with E-state index in [2.05, 4.69) is 5.32 Å². The average molecular weight is 658 g/mol. The molecule has 0 radical (unpaired) electrons. The van der Waals surface area contributed by atoms with Gasteiger partial charge in [-0.05, 0) is 72.4 Å². The number of anilines is 1. The lowest BCUT2D eigenvalue weighted by Gasteiger charge is -2.34. The van der Waals surface area contributed by atoms with Gasteiger partial charge in [-0.15, -0.1) is 0 Å². The molecule has 5 rings (SSSR count). The maximum Gasteiger partial charge on any atom is 0.264 e. The second-order valence-electron chi connectivity index (χ2n) is 11.7. The molecule has 1 atom stereocenters. The normalized spacial score (nSPS) is 14.0. The second kappa shape index (κ2) is 15.4. The van der Waals surface area contributed by atoms with Crippen molar-refractivity contribution in [3.05, 3.63) is 131 Å². The molecule has 0 aliphatic heterocycles. The van der Waals surface area contributed by atoms with Crippen LogP contribution >= 0.6 is 11.6 Å². The minimum Gasteiger partial charge on any atom is -0.352 e. The molecule has 1 aliphatic carbocycles. The molecule has 9 heteroatoms. The lowest BCUT2D eigenvalue weighted by atomic mass is 10.0. The van der Waals surface area contributed by atoms with E-state index in [9.17, 15) is 18.0 Å². The molecular formula is C37H40ClN3O4S. The number of carbonyl (C=O) groups excluding carboxylic acids is 2. The molecule has 0 aromatic heterocycles. The van der Waals surface area contributed by atoms with E-state index in [-0.39, 0.29) is 29.8 Å². The van der Waals surface area contributed by atoms with E-state index in [4.69, 9.17) is 11.6 Å². The van der Waals surface area contributed by atoms with E-state index in [0.717, 1.165) is 53.1 Å². The fraction of sp³-hybridized carbons (Fsp3) is 0.297. The van der Waals surface area contributed by atoms with Gasteiger partial charge in [0.2, 0.25) is 11.8 Å². The first-order valence-corrected chi connectivity index (χ1v) is 17.6. The number of carbonyl (C=O) groups is 2. The van der Waals surface area contributed by atoms with E-state index < -0.39 is 28.5 Å². The van der Waals surface area contributed by atoms with Crippen LogP contribution in [0.25, 0.3) is 0 Å².